The molecule has 0 atom stereocenters. The second-order valence-electron chi connectivity index (χ2n) is 18.3. The van der Waals surface area contributed by atoms with Crippen LogP contribution >= 0.6 is 0 Å². The number of phenolic OH excluding ortho intramolecular Hbond substituents is 1. The van der Waals surface area contributed by atoms with Gasteiger partial charge in [-0.15, -0.1) is 29.3 Å². The Balaban J connectivity index is 0.00000498. The van der Waals surface area contributed by atoms with Gasteiger partial charge in [0.15, 0.2) is 0 Å². The summed E-state index contributed by atoms with van der Waals surface area (Å²) in [6.07, 6.45) is 1.83. The molecule has 0 radical (unpaired) electrons. The Morgan fingerprint density at radius 1 is 0.585 bits per heavy atom. The van der Waals surface area contributed by atoms with Gasteiger partial charge in [-0.1, -0.05) is 173 Å². The second kappa shape index (κ2) is 16.2. The van der Waals surface area contributed by atoms with Crippen molar-refractivity contribution in [1.82, 2.24) is 14.5 Å². The van der Waals surface area contributed by atoms with Crippen LogP contribution < -0.4 is 0 Å². The maximum atomic E-state index is 11.5. The van der Waals surface area contributed by atoms with E-state index in [0.29, 0.717) is 11.4 Å². The van der Waals surface area contributed by atoms with E-state index in [0.717, 1.165) is 88.5 Å². The van der Waals surface area contributed by atoms with Gasteiger partial charge in [0.1, 0.15) is 22.7 Å². The monoisotopic (exact) mass is 1020 g/mol. The minimum absolute atomic E-state index is 0. The predicted octanol–water partition coefficient (Wildman–Crippen LogP) is 15.3. The van der Waals surface area contributed by atoms with Crippen molar-refractivity contribution < 1.29 is 30.6 Å². The van der Waals surface area contributed by atoms with E-state index in [1.165, 1.54) is 11.1 Å². The van der Waals surface area contributed by atoms with Crippen LogP contribution in [-0.4, -0.2) is 19.6 Å². The minimum Gasteiger partial charge on any atom is -0.507 e. The molecular weight excluding hydrogens is 978 g/mol. The van der Waals surface area contributed by atoms with Gasteiger partial charge in [0.2, 0.25) is 0 Å². The van der Waals surface area contributed by atoms with E-state index in [1.807, 2.05) is 36.5 Å². The first kappa shape index (κ1) is 41.9. The molecule has 0 bridgehead atoms. The van der Waals surface area contributed by atoms with Crippen LogP contribution in [0.25, 0.3) is 94.3 Å². The third kappa shape index (κ3) is 7.16. The first-order valence-electron chi connectivity index (χ1n) is 21.9. The van der Waals surface area contributed by atoms with E-state index in [1.54, 1.807) is 6.07 Å². The molecule has 1 N–H and O–H groups in total. The zero-order chi connectivity index (χ0) is 43.7. The van der Waals surface area contributed by atoms with Crippen molar-refractivity contribution >= 4 is 43.7 Å². The van der Waals surface area contributed by atoms with Crippen LogP contribution in [0.15, 0.2) is 187 Å². The van der Waals surface area contributed by atoms with E-state index < -0.39 is 5.41 Å². The number of imidazole rings is 1. The maximum absolute atomic E-state index is 11.5. The Morgan fingerprint density at radius 2 is 1.29 bits per heavy atom. The van der Waals surface area contributed by atoms with E-state index in [9.17, 15) is 5.11 Å². The van der Waals surface area contributed by atoms with E-state index in [-0.39, 0.29) is 32.2 Å². The molecule has 0 aliphatic carbocycles. The van der Waals surface area contributed by atoms with Crippen molar-refractivity contribution in [1.29, 1.82) is 0 Å². The van der Waals surface area contributed by atoms with Crippen molar-refractivity contribution in [2.45, 2.75) is 45.4 Å². The average molecular weight is 1020 g/mol. The Labute approximate surface area is 393 Å². The van der Waals surface area contributed by atoms with Crippen LogP contribution in [0.4, 0.5) is 0 Å². The standard InChI is InChI=1S/C59H46N3O2.Pt/c1-58(2,3)42-28-30-49(48(36-42)37-17-8-6-9-18-37)62-50-25-16-24-44(55(50)61-57(62)46-23-14-15-26-51(46)63)39-33-40(35-43(34-39)59(4,5)41-20-10-7-11-21-41)54-53-47-29-27-38-19-12-13-22-45(38)56(47)64-52(53)31-32-60-54;/h6-32,34-36,63H,1-5H3;/q-1;. The molecule has 0 spiro atoms. The predicted molar refractivity (Wildman–Crippen MR) is 263 cm³/mol. The van der Waals surface area contributed by atoms with Gasteiger partial charge in [0.25, 0.3) is 0 Å². The molecule has 6 heteroatoms. The summed E-state index contributed by atoms with van der Waals surface area (Å²) in [5, 5.41) is 15.7. The van der Waals surface area contributed by atoms with Gasteiger partial charge in [-0.05, 0) is 63.9 Å². The summed E-state index contributed by atoms with van der Waals surface area (Å²) in [5.41, 5.74) is 13.7. The normalized spacial score (nSPS) is 12.0. The summed E-state index contributed by atoms with van der Waals surface area (Å²) in [7, 11) is 0. The van der Waals surface area contributed by atoms with Crippen LogP contribution in [0.1, 0.15) is 51.3 Å². The number of hydrogen-bond acceptors (Lipinski definition) is 4. The van der Waals surface area contributed by atoms with E-state index in [2.05, 4.69) is 185 Å². The summed E-state index contributed by atoms with van der Waals surface area (Å²) in [6.45, 7) is 11.3. The molecule has 5 nitrogen and oxygen atoms in total. The van der Waals surface area contributed by atoms with Crippen LogP contribution in [0.2, 0.25) is 0 Å². The Bertz CT molecular complexity index is 3580. The number of aromatic hydroxyl groups is 1. The number of fused-ring (bicyclic) bond motifs is 6. The summed E-state index contributed by atoms with van der Waals surface area (Å²) in [4.78, 5) is 10.6. The fourth-order valence-corrected chi connectivity index (χ4v) is 9.33. The van der Waals surface area contributed by atoms with Crippen molar-refractivity contribution in [3.63, 3.8) is 0 Å². The average Bonchev–Trinajstić information content (AvgIpc) is 3.91. The van der Waals surface area contributed by atoms with Gasteiger partial charge in [-0.3, -0.25) is 9.55 Å². The first-order chi connectivity index (χ1) is 31.0. The van der Waals surface area contributed by atoms with Crippen LogP contribution in [0.5, 0.6) is 5.75 Å². The third-order valence-electron chi connectivity index (χ3n) is 12.9. The summed E-state index contributed by atoms with van der Waals surface area (Å²) >= 11 is 0. The van der Waals surface area contributed by atoms with Gasteiger partial charge in [0.05, 0.1) is 22.3 Å². The number of hydrogen-bond donors (Lipinski definition) is 1. The number of furan rings is 1. The molecular formula is C59H46N3O2Pt-. The molecule has 0 aliphatic heterocycles. The maximum Gasteiger partial charge on any atom is 0.148 e. The van der Waals surface area contributed by atoms with Crippen molar-refractivity contribution in [2.24, 2.45) is 0 Å². The molecule has 3 heterocycles. The molecule has 3 aromatic heterocycles. The molecule has 0 unspecified atom stereocenters. The molecule has 320 valence electrons. The topological polar surface area (TPSA) is 64.1 Å². The number of benzene rings is 8. The summed E-state index contributed by atoms with van der Waals surface area (Å²) in [6, 6.07) is 64.8. The number of aromatic nitrogens is 3. The molecule has 0 saturated heterocycles. The Kier molecular flexibility index (Phi) is 10.4. The van der Waals surface area contributed by atoms with Gasteiger partial charge in [0, 0.05) is 60.1 Å². The number of para-hydroxylation sites is 2. The third-order valence-corrected chi connectivity index (χ3v) is 12.9. The molecule has 11 aromatic rings. The minimum atomic E-state index is -0.393. The van der Waals surface area contributed by atoms with Gasteiger partial charge < -0.3 is 9.52 Å². The Morgan fingerprint density at radius 3 is 2.08 bits per heavy atom. The van der Waals surface area contributed by atoms with E-state index >= 15 is 0 Å². The van der Waals surface area contributed by atoms with Gasteiger partial charge in [-0.25, -0.2) is 4.98 Å². The Hall–Kier alpha value is -7.07. The molecule has 0 fully saturated rings. The van der Waals surface area contributed by atoms with Crippen molar-refractivity contribution in [2.75, 3.05) is 0 Å². The fraction of sp³-hybridized carbons (Fsp3) is 0.119. The quantitative estimate of drug-likeness (QED) is 0.162. The molecule has 0 saturated carbocycles. The number of pyridine rings is 1. The van der Waals surface area contributed by atoms with Crippen molar-refractivity contribution in [3.05, 3.63) is 205 Å². The zero-order valence-electron chi connectivity index (χ0n) is 36.8. The van der Waals surface area contributed by atoms with Crippen molar-refractivity contribution in [3.8, 4) is 56.3 Å². The fourth-order valence-electron chi connectivity index (χ4n) is 9.33. The summed E-state index contributed by atoms with van der Waals surface area (Å²) in [5.74, 6) is 0.804. The largest absolute Gasteiger partial charge is 0.507 e. The molecule has 0 amide bonds. The second-order valence-corrected chi connectivity index (χ2v) is 18.3. The number of phenols is 1. The molecule has 65 heavy (non-hydrogen) atoms. The molecule has 11 rings (SSSR count). The molecule has 8 aromatic carbocycles. The number of rotatable bonds is 7. The van der Waals surface area contributed by atoms with Crippen LogP contribution in [-0.2, 0) is 31.9 Å². The van der Waals surface area contributed by atoms with E-state index in [4.69, 9.17) is 14.4 Å². The van der Waals surface area contributed by atoms with Gasteiger partial charge >= 0.3 is 0 Å². The number of nitrogens with zero attached hydrogens (tertiary/aromatic N) is 3. The van der Waals surface area contributed by atoms with Gasteiger partial charge in [-0.2, -0.15) is 0 Å². The van der Waals surface area contributed by atoms with Crippen LogP contribution in [0, 0.1) is 6.07 Å². The SMILES string of the molecule is CC(C)(C)c1ccc(-n2c(-c3ccccc3O)nc3c(-c4[c-]c(-c5nccc6oc7c8ccccc8ccc7c56)cc(C(C)(C)c5ccccc5)c4)cccc32)c(-c2ccccc2)c1.[Pt]. The smallest absolute Gasteiger partial charge is 0.148 e. The first-order valence-corrected chi connectivity index (χ1v) is 21.9. The van der Waals surface area contributed by atoms with Crippen LogP contribution in [0.3, 0.4) is 0 Å². The molecule has 0 aliphatic rings. The zero-order valence-corrected chi connectivity index (χ0v) is 39.1. The summed E-state index contributed by atoms with van der Waals surface area (Å²) < 4.78 is 8.87.